The van der Waals surface area contributed by atoms with Crippen molar-refractivity contribution in [1.82, 2.24) is 5.06 Å². The molecule has 1 aliphatic heterocycles. The Bertz CT molecular complexity index is 208. The summed E-state index contributed by atoms with van der Waals surface area (Å²) in [6.07, 6.45) is 0.613. The first-order valence-electron chi connectivity index (χ1n) is 5.28. The summed E-state index contributed by atoms with van der Waals surface area (Å²) in [7, 11) is 0. The SMILES string of the molecule is CC1CC(C)(C)N([O])C1OC(C)(C)C. The summed E-state index contributed by atoms with van der Waals surface area (Å²) < 4.78 is 5.77. The van der Waals surface area contributed by atoms with Crippen molar-refractivity contribution < 1.29 is 9.94 Å². The molecule has 1 saturated heterocycles. The zero-order valence-electron chi connectivity index (χ0n) is 10.1. The van der Waals surface area contributed by atoms with Crippen molar-refractivity contribution in [3.05, 3.63) is 0 Å². The van der Waals surface area contributed by atoms with Crippen molar-refractivity contribution in [2.24, 2.45) is 5.92 Å². The third kappa shape index (κ3) is 2.47. The van der Waals surface area contributed by atoms with E-state index in [-0.39, 0.29) is 17.4 Å². The summed E-state index contributed by atoms with van der Waals surface area (Å²) in [5, 5.41) is 13.0. The van der Waals surface area contributed by atoms with Gasteiger partial charge in [-0.15, -0.1) is 10.3 Å². The maximum atomic E-state index is 11.9. The lowest BCUT2D eigenvalue weighted by atomic mass is 9.98. The molecule has 0 aromatic heterocycles. The molecule has 1 heterocycles. The molecule has 0 spiro atoms. The Kier molecular flexibility index (Phi) is 2.96. The van der Waals surface area contributed by atoms with Crippen LogP contribution >= 0.6 is 0 Å². The van der Waals surface area contributed by atoms with E-state index in [0.717, 1.165) is 11.5 Å². The van der Waals surface area contributed by atoms with Gasteiger partial charge in [0.25, 0.3) is 0 Å². The maximum absolute atomic E-state index is 11.9. The first kappa shape index (κ1) is 12.0. The number of rotatable bonds is 1. The van der Waals surface area contributed by atoms with Crippen LogP contribution in [0.2, 0.25) is 0 Å². The van der Waals surface area contributed by atoms with Gasteiger partial charge in [0.2, 0.25) is 0 Å². The minimum Gasteiger partial charge on any atom is -0.355 e. The number of nitrogens with zero attached hydrogens (tertiary/aromatic N) is 1. The lowest BCUT2D eigenvalue weighted by molar-refractivity contribution is -0.299. The number of hydrogen-bond donors (Lipinski definition) is 0. The number of hydroxylamine groups is 2. The Balaban J connectivity index is 2.71. The van der Waals surface area contributed by atoms with Crippen LogP contribution in [-0.2, 0) is 9.94 Å². The molecule has 0 aromatic carbocycles. The smallest absolute Gasteiger partial charge is 0.140 e. The first-order chi connectivity index (χ1) is 6.13. The van der Waals surface area contributed by atoms with E-state index in [2.05, 4.69) is 6.92 Å². The van der Waals surface area contributed by atoms with E-state index in [0.29, 0.717) is 5.92 Å². The molecule has 0 bridgehead atoms. The van der Waals surface area contributed by atoms with E-state index in [1.165, 1.54) is 0 Å². The van der Waals surface area contributed by atoms with Gasteiger partial charge in [-0.25, -0.2) is 0 Å². The molecule has 0 saturated carbocycles. The van der Waals surface area contributed by atoms with Gasteiger partial charge < -0.3 is 4.74 Å². The molecule has 0 aliphatic carbocycles. The molecule has 0 aromatic rings. The average molecular weight is 200 g/mol. The summed E-state index contributed by atoms with van der Waals surface area (Å²) >= 11 is 0. The van der Waals surface area contributed by atoms with Crippen LogP contribution in [0.5, 0.6) is 0 Å². The topological polar surface area (TPSA) is 32.4 Å². The summed E-state index contributed by atoms with van der Waals surface area (Å²) in [6.45, 7) is 12.0. The molecule has 1 fully saturated rings. The fourth-order valence-corrected chi connectivity index (χ4v) is 2.08. The zero-order chi connectivity index (χ0) is 11.1. The second-order valence-corrected chi connectivity index (χ2v) is 5.94. The molecular weight excluding hydrogens is 178 g/mol. The van der Waals surface area contributed by atoms with Gasteiger partial charge in [0.05, 0.1) is 5.60 Å². The monoisotopic (exact) mass is 200 g/mol. The maximum Gasteiger partial charge on any atom is 0.140 e. The fourth-order valence-electron chi connectivity index (χ4n) is 2.08. The van der Waals surface area contributed by atoms with Crippen molar-refractivity contribution >= 4 is 0 Å². The number of hydrogen-bond acceptors (Lipinski definition) is 2. The van der Waals surface area contributed by atoms with Gasteiger partial charge in [-0.2, -0.15) is 0 Å². The number of ether oxygens (including phenoxy) is 1. The Morgan fingerprint density at radius 2 is 1.86 bits per heavy atom. The van der Waals surface area contributed by atoms with Crippen molar-refractivity contribution in [2.75, 3.05) is 0 Å². The van der Waals surface area contributed by atoms with E-state index in [9.17, 15) is 5.21 Å². The molecule has 83 valence electrons. The second kappa shape index (κ2) is 3.47. The van der Waals surface area contributed by atoms with Crippen LogP contribution in [0.4, 0.5) is 0 Å². The van der Waals surface area contributed by atoms with Gasteiger partial charge in [-0.05, 0) is 47.0 Å². The third-order valence-electron chi connectivity index (χ3n) is 2.61. The predicted octanol–water partition coefficient (Wildman–Crippen LogP) is 2.59. The van der Waals surface area contributed by atoms with Crippen LogP contribution in [0.15, 0.2) is 0 Å². The van der Waals surface area contributed by atoms with Gasteiger partial charge in [-0.1, -0.05) is 6.92 Å². The Labute approximate surface area is 87.0 Å². The highest BCUT2D eigenvalue weighted by Crippen LogP contribution is 2.38. The molecule has 1 aliphatic rings. The highest BCUT2D eigenvalue weighted by atomic mass is 16.6. The lowest BCUT2D eigenvalue weighted by Gasteiger charge is -2.32. The molecule has 2 atom stereocenters. The van der Waals surface area contributed by atoms with Crippen LogP contribution in [0.1, 0.15) is 48.0 Å². The average Bonchev–Trinajstić information content (AvgIpc) is 2.10. The summed E-state index contributed by atoms with van der Waals surface area (Å²) in [5.41, 5.74) is -0.530. The fraction of sp³-hybridized carbons (Fsp3) is 1.00. The van der Waals surface area contributed by atoms with Crippen molar-refractivity contribution in [3.63, 3.8) is 0 Å². The molecular formula is C11H22NO2. The highest BCUT2D eigenvalue weighted by molar-refractivity contribution is 4.90. The standard InChI is InChI=1S/C11H22NO2/c1-8-7-11(5,6)12(13)9(8)14-10(2,3)4/h8-9H,7H2,1-6H3. The minimum atomic E-state index is -0.287. The van der Waals surface area contributed by atoms with Gasteiger partial charge in [0.15, 0.2) is 0 Å². The van der Waals surface area contributed by atoms with E-state index < -0.39 is 0 Å². The van der Waals surface area contributed by atoms with Crippen molar-refractivity contribution in [1.29, 1.82) is 0 Å². The Morgan fingerprint density at radius 1 is 1.36 bits per heavy atom. The van der Waals surface area contributed by atoms with Crippen molar-refractivity contribution in [2.45, 2.75) is 65.3 Å². The summed E-state index contributed by atoms with van der Waals surface area (Å²) in [6, 6.07) is 0. The molecule has 0 amide bonds. The van der Waals surface area contributed by atoms with Gasteiger partial charge in [0.1, 0.15) is 6.23 Å². The zero-order valence-corrected chi connectivity index (χ0v) is 10.1. The van der Waals surface area contributed by atoms with Crippen LogP contribution in [-0.4, -0.2) is 22.4 Å². The highest BCUT2D eigenvalue weighted by Gasteiger charge is 2.46. The normalized spacial score (nSPS) is 33.6. The Morgan fingerprint density at radius 3 is 2.14 bits per heavy atom. The van der Waals surface area contributed by atoms with E-state index in [1.54, 1.807) is 0 Å². The summed E-state index contributed by atoms with van der Waals surface area (Å²) in [4.78, 5) is 0. The van der Waals surface area contributed by atoms with Gasteiger partial charge in [-0.3, -0.25) is 0 Å². The molecule has 1 radical (unpaired) electrons. The second-order valence-electron chi connectivity index (χ2n) is 5.94. The van der Waals surface area contributed by atoms with E-state index in [1.807, 2.05) is 34.6 Å². The molecule has 14 heavy (non-hydrogen) atoms. The predicted molar refractivity (Wildman–Crippen MR) is 55.0 cm³/mol. The molecule has 2 unspecified atom stereocenters. The first-order valence-corrected chi connectivity index (χ1v) is 5.28. The quantitative estimate of drug-likeness (QED) is 0.651. The Hall–Kier alpha value is -0.120. The third-order valence-corrected chi connectivity index (χ3v) is 2.61. The van der Waals surface area contributed by atoms with Crippen LogP contribution in [0.3, 0.4) is 0 Å². The summed E-state index contributed by atoms with van der Waals surface area (Å²) in [5.74, 6) is 0.307. The van der Waals surface area contributed by atoms with E-state index >= 15 is 0 Å². The molecule has 3 nitrogen and oxygen atoms in total. The van der Waals surface area contributed by atoms with Gasteiger partial charge in [0, 0.05) is 5.54 Å². The minimum absolute atomic E-state index is 0.248. The van der Waals surface area contributed by atoms with Crippen molar-refractivity contribution in [3.8, 4) is 0 Å². The van der Waals surface area contributed by atoms with Crippen LogP contribution < -0.4 is 0 Å². The van der Waals surface area contributed by atoms with Gasteiger partial charge >= 0.3 is 0 Å². The van der Waals surface area contributed by atoms with Crippen LogP contribution in [0, 0.1) is 5.92 Å². The molecule has 0 N–H and O–H groups in total. The van der Waals surface area contributed by atoms with Crippen LogP contribution in [0.25, 0.3) is 0 Å². The largest absolute Gasteiger partial charge is 0.355 e. The lowest BCUT2D eigenvalue weighted by Crippen LogP contribution is -2.43. The molecule has 3 heteroatoms. The molecule has 1 rings (SSSR count). The van der Waals surface area contributed by atoms with E-state index in [4.69, 9.17) is 4.74 Å².